The molecule has 1 atom stereocenters. The quantitative estimate of drug-likeness (QED) is 0.621. The number of fused-ring (bicyclic) bond motifs is 1. The van der Waals surface area contributed by atoms with Crippen LogP contribution >= 0.6 is 0 Å². The fourth-order valence-corrected chi connectivity index (χ4v) is 4.52. The lowest BCUT2D eigenvalue weighted by atomic mass is 9.98. The number of para-hydroxylation sites is 1. The number of amides is 1. The van der Waals surface area contributed by atoms with Crippen LogP contribution in [0.25, 0.3) is 16.7 Å². The van der Waals surface area contributed by atoms with Crippen LogP contribution in [0.1, 0.15) is 67.2 Å². The van der Waals surface area contributed by atoms with E-state index in [1.165, 1.54) is 6.07 Å². The highest BCUT2D eigenvalue weighted by Crippen LogP contribution is 2.44. The number of aryl methyl sites for hydroxylation is 1. The van der Waals surface area contributed by atoms with Crippen LogP contribution in [-0.4, -0.2) is 38.7 Å². The Hall–Kier alpha value is -2.76. The number of hydrogen-bond acceptors (Lipinski definition) is 3. The van der Waals surface area contributed by atoms with Gasteiger partial charge in [-0.05, 0) is 56.2 Å². The Bertz CT molecular complexity index is 1120. The fraction of sp³-hybridized carbons (Fsp3) is 0.458. The van der Waals surface area contributed by atoms with Crippen LogP contribution in [0.3, 0.4) is 0 Å². The molecule has 2 aromatic heterocycles. The summed E-state index contributed by atoms with van der Waals surface area (Å²) in [7, 11) is 0. The average molecular weight is 407 g/mol. The number of hydrogen-bond donors (Lipinski definition) is 0. The highest BCUT2D eigenvalue weighted by molar-refractivity contribution is 6.07. The van der Waals surface area contributed by atoms with Crippen molar-refractivity contribution in [2.75, 3.05) is 13.1 Å². The van der Waals surface area contributed by atoms with E-state index in [-0.39, 0.29) is 11.7 Å². The van der Waals surface area contributed by atoms with Crippen LogP contribution in [-0.2, 0) is 6.42 Å². The third kappa shape index (κ3) is 3.28. The zero-order valence-corrected chi connectivity index (χ0v) is 17.6. The molecule has 0 bridgehead atoms. The van der Waals surface area contributed by atoms with Crippen molar-refractivity contribution < 1.29 is 9.18 Å². The molecule has 30 heavy (non-hydrogen) atoms. The molecule has 0 radical (unpaired) electrons. The number of carbonyl (C=O) groups is 1. The van der Waals surface area contributed by atoms with Gasteiger partial charge in [0.2, 0.25) is 0 Å². The molecule has 1 amide bonds. The second-order valence-corrected chi connectivity index (χ2v) is 8.73. The summed E-state index contributed by atoms with van der Waals surface area (Å²) in [4.78, 5) is 20.4. The maximum atomic E-state index is 14.6. The summed E-state index contributed by atoms with van der Waals surface area (Å²) in [6.07, 6.45) is 4.99. The molecular formula is C24H27FN4O. The van der Waals surface area contributed by atoms with E-state index in [0.717, 1.165) is 55.5 Å². The molecule has 5 rings (SSSR count). The lowest BCUT2D eigenvalue weighted by Gasteiger charge is -2.31. The van der Waals surface area contributed by atoms with Crippen LogP contribution < -0.4 is 0 Å². The molecule has 3 heterocycles. The van der Waals surface area contributed by atoms with Crippen LogP contribution in [0.5, 0.6) is 0 Å². The van der Waals surface area contributed by atoms with Crippen molar-refractivity contribution in [2.45, 2.75) is 51.9 Å². The highest BCUT2D eigenvalue weighted by atomic mass is 19.1. The SMILES string of the molecule is CCc1cc(C(=O)N2CCC[C@H](C)C2)c2c(C3CC3)nn(-c3ccccc3F)c2n1. The van der Waals surface area contributed by atoms with Crippen molar-refractivity contribution in [1.82, 2.24) is 19.7 Å². The summed E-state index contributed by atoms with van der Waals surface area (Å²) in [5, 5.41) is 5.61. The summed E-state index contributed by atoms with van der Waals surface area (Å²) in [6, 6.07) is 8.55. The first-order valence-corrected chi connectivity index (χ1v) is 11.0. The second-order valence-electron chi connectivity index (χ2n) is 8.73. The molecule has 1 aliphatic carbocycles. The lowest BCUT2D eigenvalue weighted by Crippen LogP contribution is -2.39. The van der Waals surface area contributed by atoms with E-state index in [2.05, 4.69) is 6.92 Å². The normalized spacial score (nSPS) is 19.4. The number of rotatable bonds is 4. The first-order valence-electron chi connectivity index (χ1n) is 11.0. The average Bonchev–Trinajstić information content (AvgIpc) is 3.53. The first-order chi connectivity index (χ1) is 14.6. The van der Waals surface area contributed by atoms with Gasteiger partial charge in [-0.3, -0.25) is 4.79 Å². The lowest BCUT2D eigenvalue weighted by molar-refractivity contribution is 0.0685. The summed E-state index contributed by atoms with van der Waals surface area (Å²) < 4.78 is 16.2. The Morgan fingerprint density at radius 3 is 2.73 bits per heavy atom. The van der Waals surface area contributed by atoms with Gasteiger partial charge in [0, 0.05) is 24.7 Å². The van der Waals surface area contributed by atoms with Crippen LogP contribution in [0.2, 0.25) is 0 Å². The van der Waals surface area contributed by atoms with Crippen LogP contribution in [0.15, 0.2) is 30.3 Å². The zero-order valence-electron chi connectivity index (χ0n) is 17.6. The number of nitrogens with zero attached hydrogens (tertiary/aromatic N) is 4. The molecule has 1 aromatic carbocycles. The molecule has 1 saturated heterocycles. The Kier molecular flexibility index (Phi) is 4.80. The molecule has 156 valence electrons. The van der Waals surface area contributed by atoms with Gasteiger partial charge in [0.25, 0.3) is 5.91 Å². The van der Waals surface area contributed by atoms with E-state index < -0.39 is 0 Å². The third-order valence-corrected chi connectivity index (χ3v) is 6.30. The third-order valence-electron chi connectivity index (χ3n) is 6.30. The fourth-order valence-electron chi connectivity index (χ4n) is 4.52. The van der Waals surface area contributed by atoms with Gasteiger partial charge in [-0.2, -0.15) is 5.10 Å². The predicted octanol–water partition coefficient (Wildman–Crippen LogP) is 4.87. The van der Waals surface area contributed by atoms with Gasteiger partial charge < -0.3 is 4.90 Å². The van der Waals surface area contributed by atoms with E-state index >= 15 is 0 Å². The van der Waals surface area contributed by atoms with E-state index in [4.69, 9.17) is 10.1 Å². The molecule has 1 saturated carbocycles. The molecule has 5 nitrogen and oxygen atoms in total. The molecule has 0 N–H and O–H groups in total. The topological polar surface area (TPSA) is 51.0 Å². The predicted molar refractivity (Wildman–Crippen MR) is 114 cm³/mol. The highest BCUT2D eigenvalue weighted by Gasteiger charge is 2.34. The number of piperidine rings is 1. The number of carbonyl (C=O) groups excluding carboxylic acids is 1. The maximum Gasteiger partial charge on any atom is 0.254 e. The molecular weight excluding hydrogens is 379 g/mol. The second kappa shape index (κ2) is 7.49. The number of benzene rings is 1. The Morgan fingerprint density at radius 1 is 1.23 bits per heavy atom. The maximum absolute atomic E-state index is 14.6. The van der Waals surface area contributed by atoms with E-state index in [1.54, 1.807) is 22.9 Å². The largest absolute Gasteiger partial charge is 0.338 e. The zero-order chi connectivity index (χ0) is 20.8. The number of aromatic nitrogens is 3. The molecule has 3 aromatic rings. The Labute approximate surface area is 175 Å². The molecule has 2 fully saturated rings. The van der Waals surface area contributed by atoms with Crippen LogP contribution in [0.4, 0.5) is 4.39 Å². The summed E-state index contributed by atoms with van der Waals surface area (Å²) in [5.74, 6) is 0.542. The Morgan fingerprint density at radius 2 is 2.03 bits per heavy atom. The summed E-state index contributed by atoms with van der Waals surface area (Å²) >= 11 is 0. The van der Waals surface area contributed by atoms with E-state index in [9.17, 15) is 9.18 Å². The number of likely N-dealkylation sites (tertiary alicyclic amines) is 1. The van der Waals surface area contributed by atoms with Crippen LogP contribution in [0, 0.1) is 11.7 Å². The molecule has 1 aliphatic heterocycles. The van der Waals surface area contributed by atoms with Gasteiger partial charge in [-0.1, -0.05) is 26.0 Å². The van der Waals surface area contributed by atoms with Crippen molar-refractivity contribution >= 4 is 16.9 Å². The van der Waals surface area contributed by atoms with Crippen molar-refractivity contribution in [2.24, 2.45) is 5.92 Å². The summed E-state index contributed by atoms with van der Waals surface area (Å²) in [6.45, 7) is 5.79. The van der Waals surface area contributed by atoms with Gasteiger partial charge in [0.15, 0.2) is 5.65 Å². The standard InChI is InChI=1S/C24H27FN4O/c1-3-17-13-18(24(30)28-12-6-7-15(2)14-28)21-22(16-10-11-16)27-29(23(21)26-17)20-9-5-4-8-19(20)25/h4-5,8-9,13,15-16H,3,6-7,10-12,14H2,1-2H3/t15-/m0/s1. The molecule has 0 spiro atoms. The van der Waals surface area contributed by atoms with Crippen molar-refractivity contribution in [3.8, 4) is 5.69 Å². The monoisotopic (exact) mass is 406 g/mol. The van der Waals surface area contributed by atoms with E-state index in [1.807, 2.05) is 17.9 Å². The van der Waals surface area contributed by atoms with Gasteiger partial charge in [-0.15, -0.1) is 0 Å². The van der Waals surface area contributed by atoms with E-state index in [0.29, 0.717) is 35.2 Å². The number of pyridine rings is 1. The van der Waals surface area contributed by atoms with Gasteiger partial charge >= 0.3 is 0 Å². The minimum Gasteiger partial charge on any atom is -0.338 e. The Balaban J connectivity index is 1.73. The summed E-state index contributed by atoms with van der Waals surface area (Å²) in [5.41, 5.74) is 3.36. The minimum absolute atomic E-state index is 0.0543. The smallest absolute Gasteiger partial charge is 0.254 e. The number of halogens is 1. The molecule has 2 aliphatic rings. The van der Waals surface area contributed by atoms with Crippen molar-refractivity contribution in [3.05, 3.63) is 53.1 Å². The van der Waals surface area contributed by atoms with Gasteiger partial charge in [-0.25, -0.2) is 14.1 Å². The van der Waals surface area contributed by atoms with Crippen molar-refractivity contribution in [3.63, 3.8) is 0 Å². The van der Waals surface area contributed by atoms with Crippen molar-refractivity contribution in [1.29, 1.82) is 0 Å². The van der Waals surface area contributed by atoms with Gasteiger partial charge in [0.1, 0.15) is 11.5 Å². The van der Waals surface area contributed by atoms with Gasteiger partial charge in [0.05, 0.1) is 16.6 Å². The molecule has 0 unspecified atom stereocenters. The molecule has 6 heteroatoms. The minimum atomic E-state index is -0.342. The first kappa shape index (κ1) is 19.2.